The van der Waals surface area contributed by atoms with Crippen molar-refractivity contribution in [2.45, 2.75) is 77.4 Å². The third-order valence-corrected chi connectivity index (χ3v) is 6.46. The Hall–Kier alpha value is -1.08. The van der Waals surface area contributed by atoms with Gasteiger partial charge in [-0.1, -0.05) is 19.8 Å². The Morgan fingerprint density at radius 1 is 1.45 bits per heavy atom. The van der Waals surface area contributed by atoms with Crippen LogP contribution in [-0.2, 0) is 9.22 Å². The zero-order valence-electron chi connectivity index (χ0n) is 14.2. The molecule has 2 N–H and O–H groups in total. The van der Waals surface area contributed by atoms with Gasteiger partial charge in [0.1, 0.15) is 6.23 Å². The summed E-state index contributed by atoms with van der Waals surface area (Å²) in [4.78, 5) is 24.9. The molecule has 128 valence electrons. The van der Waals surface area contributed by atoms with E-state index in [0.717, 1.165) is 31.7 Å². The second kappa shape index (κ2) is 8.52. The second-order valence-electron chi connectivity index (χ2n) is 6.65. The predicted octanol–water partition coefficient (Wildman–Crippen LogP) is 3.00. The zero-order chi connectivity index (χ0) is 16.8. The van der Waals surface area contributed by atoms with Crippen LogP contribution in [0, 0.1) is 0 Å². The Bertz CT molecular complexity index is 390. The smallest absolute Gasteiger partial charge is 0.405 e. The Morgan fingerprint density at radius 2 is 2.14 bits per heavy atom. The van der Waals surface area contributed by atoms with Crippen molar-refractivity contribution in [2.75, 3.05) is 6.54 Å². The number of nitrogens with one attached hydrogen (secondary N) is 1. The second-order valence-corrected chi connectivity index (χ2v) is 10.9. The summed E-state index contributed by atoms with van der Waals surface area (Å²) in [5.41, 5.74) is 0. The quantitative estimate of drug-likeness (QED) is 0.671. The fourth-order valence-corrected chi connectivity index (χ4v) is 5.09. The molecule has 1 saturated heterocycles. The van der Waals surface area contributed by atoms with Gasteiger partial charge in [-0.2, -0.15) is 0 Å². The van der Waals surface area contributed by atoms with Gasteiger partial charge in [-0.15, -0.1) is 0 Å². The van der Waals surface area contributed by atoms with E-state index in [-0.39, 0.29) is 5.91 Å². The summed E-state index contributed by atoms with van der Waals surface area (Å²) < 4.78 is 6.33. The van der Waals surface area contributed by atoms with Gasteiger partial charge in [-0.3, -0.25) is 4.79 Å². The molecule has 7 heteroatoms. The van der Waals surface area contributed by atoms with E-state index in [9.17, 15) is 9.59 Å². The van der Waals surface area contributed by atoms with Gasteiger partial charge in [0.25, 0.3) is 0 Å². The fraction of sp³-hybridized carbons (Fsp3) is 0.867. The maximum atomic E-state index is 12.2. The minimum absolute atomic E-state index is 0.0654. The third-order valence-electron chi connectivity index (χ3n) is 4.02. The summed E-state index contributed by atoms with van der Waals surface area (Å²) in [6, 6.07) is 0.579. The van der Waals surface area contributed by atoms with Gasteiger partial charge in [0.05, 0.1) is 6.04 Å². The standard InChI is InChI=1S/C15H30N2O4Si/c1-5-6-11-22(3,4)21-14(12(2)16-15(19)20)17-10-8-7-9-13(17)18/h12,14,16H,5-11H2,1-4H3,(H,19,20). The number of amides is 2. The minimum Gasteiger partial charge on any atom is -0.465 e. The third kappa shape index (κ3) is 5.96. The summed E-state index contributed by atoms with van der Waals surface area (Å²) in [7, 11) is -1.94. The highest BCUT2D eigenvalue weighted by Crippen LogP contribution is 2.23. The molecule has 0 aromatic heterocycles. The number of carbonyl (C=O) groups is 2. The number of likely N-dealkylation sites (tertiary alicyclic amines) is 1. The molecule has 1 aliphatic rings. The van der Waals surface area contributed by atoms with Crippen LogP contribution >= 0.6 is 0 Å². The molecular weight excluding hydrogens is 300 g/mol. The van der Waals surface area contributed by atoms with Crippen molar-refractivity contribution >= 4 is 20.3 Å². The maximum absolute atomic E-state index is 12.2. The molecule has 0 aliphatic carbocycles. The van der Waals surface area contributed by atoms with E-state index in [0.29, 0.717) is 13.0 Å². The van der Waals surface area contributed by atoms with Gasteiger partial charge in [0.15, 0.2) is 8.32 Å². The van der Waals surface area contributed by atoms with Crippen LogP contribution in [-0.4, -0.2) is 49.1 Å². The number of hydrogen-bond donors (Lipinski definition) is 2. The molecule has 1 rings (SSSR count). The molecule has 2 unspecified atom stereocenters. The maximum Gasteiger partial charge on any atom is 0.405 e. The number of unbranched alkanes of at least 4 members (excludes halogenated alkanes) is 1. The lowest BCUT2D eigenvalue weighted by atomic mass is 10.1. The normalized spacial score (nSPS) is 18.9. The van der Waals surface area contributed by atoms with Gasteiger partial charge in [0.2, 0.25) is 5.91 Å². The van der Waals surface area contributed by atoms with E-state index < -0.39 is 26.7 Å². The number of hydrogen-bond acceptors (Lipinski definition) is 3. The van der Waals surface area contributed by atoms with Crippen LogP contribution in [0.3, 0.4) is 0 Å². The minimum atomic E-state index is -1.94. The molecule has 1 fully saturated rings. The first-order chi connectivity index (χ1) is 10.3. The van der Waals surface area contributed by atoms with Gasteiger partial charge in [0, 0.05) is 13.0 Å². The van der Waals surface area contributed by atoms with E-state index in [2.05, 4.69) is 25.3 Å². The number of piperidine rings is 1. The highest BCUT2D eigenvalue weighted by atomic mass is 28.4. The van der Waals surface area contributed by atoms with Crippen LogP contribution in [0.5, 0.6) is 0 Å². The van der Waals surface area contributed by atoms with Gasteiger partial charge in [-0.05, 0) is 38.9 Å². The van der Waals surface area contributed by atoms with E-state index in [1.54, 1.807) is 11.8 Å². The van der Waals surface area contributed by atoms with Crippen LogP contribution in [0.4, 0.5) is 4.79 Å². The lowest BCUT2D eigenvalue weighted by molar-refractivity contribution is -0.144. The average Bonchev–Trinajstić information content (AvgIpc) is 2.43. The Labute approximate surface area is 134 Å². The average molecular weight is 331 g/mol. The molecule has 1 heterocycles. The van der Waals surface area contributed by atoms with Crippen LogP contribution in [0.25, 0.3) is 0 Å². The molecule has 2 atom stereocenters. The number of rotatable bonds is 8. The molecule has 0 bridgehead atoms. The monoisotopic (exact) mass is 330 g/mol. The Kier molecular flexibility index (Phi) is 7.35. The molecule has 1 aliphatic heterocycles. The summed E-state index contributed by atoms with van der Waals surface area (Å²) in [6.07, 6.45) is 3.00. The van der Waals surface area contributed by atoms with Crippen LogP contribution < -0.4 is 5.32 Å². The Morgan fingerprint density at radius 3 is 2.68 bits per heavy atom. The SMILES string of the molecule is CCCC[Si](C)(C)OC(C(C)NC(=O)O)N1CCCCC1=O. The first-order valence-electron chi connectivity index (χ1n) is 8.23. The molecule has 0 aromatic rings. The molecule has 0 radical (unpaired) electrons. The highest BCUT2D eigenvalue weighted by molar-refractivity contribution is 6.71. The summed E-state index contributed by atoms with van der Waals surface area (Å²) in [5, 5.41) is 11.4. The van der Waals surface area contributed by atoms with Crippen molar-refractivity contribution in [2.24, 2.45) is 0 Å². The van der Waals surface area contributed by atoms with Gasteiger partial charge >= 0.3 is 6.09 Å². The molecule has 0 saturated carbocycles. The van der Waals surface area contributed by atoms with Crippen molar-refractivity contribution in [1.29, 1.82) is 0 Å². The highest BCUT2D eigenvalue weighted by Gasteiger charge is 2.36. The Balaban J connectivity index is 2.85. The van der Waals surface area contributed by atoms with Crippen molar-refractivity contribution in [3.63, 3.8) is 0 Å². The predicted molar refractivity (Wildman–Crippen MR) is 88.3 cm³/mol. The lowest BCUT2D eigenvalue weighted by Gasteiger charge is -2.41. The molecule has 6 nitrogen and oxygen atoms in total. The first kappa shape index (κ1) is 19.0. The molecule has 22 heavy (non-hydrogen) atoms. The number of nitrogens with zero attached hydrogens (tertiary/aromatic N) is 1. The number of carboxylic acid groups (broad SMARTS) is 1. The lowest BCUT2D eigenvalue weighted by Crippen LogP contribution is -2.58. The molecular formula is C15H30N2O4Si. The molecule has 2 amide bonds. The van der Waals surface area contributed by atoms with Crippen LogP contribution in [0.15, 0.2) is 0 Å². The summed E-state index contributed by atoms with van der Waals surface area (Å²) >= 11 is 0. The van der Waals surface area contributed by atoms with Crippen LogP contribution in [0.2, 0.25) is 19.1 Å². The van der Waals surface area contributed by atoms with Crippen molar-refractivity contribution in [1.82, 2.24) is 10.2 Å². The van der Waals surface area contributed by atoms with E-state index >= 15 is 0 Å². The topological polar surface area (TPSA) is 78.9 Å². The fourth-order valence-electron chi connectivity index (χ4n) is 2.79. The van der Waals surface area contributed by atoms with Crippen LogP contribution in [0.1, 0.15) is 46.0 Å². The van der Waals surface area contributed by atoms with Crippen molar-refractivity contribution in [3.8, 4) is 0 Å². The zero-order valence-corrected chi connectivity index (χ0v) is 15.2. The summed E-state index contributed by atoms with van der Waals surface area (Å²) in [5.74, 6) is 0.0654. The van der Waals surface area contributed by atoms with E-state index in [1.807, 2.05) is 0 Å². The van der Waals surface area contributed by atoms with Crippen molar-refractivity contribution < 1.29 is 19.1 Å². The molecule has 0 aromatic carbocycles. The summed E-state index contributed by atoms with van der Waals surface area (Å²) in [6.45, 7) is 8.83. The number of carbonyl (C=O) groups excluding carboxylic acids is 1. The largest absolute Gasteiger partial charge is 0.465 e. The molecule has 0 spiro atoms. The van der Waals surface area contributed by atoms with E-state index in [4.69, 9.17) is 9.53 Å². The van der Waals surface area contributed by atoms with Gasteiger partial charge in [-0.25, -0.2) is 4.79 Å². The first-order valence-corrected chi connectivity index (χ1v) is 11.3. The van der Waals surface area contributed by atoms with Gasteiger partial charge < -0.3 is 19.7 Å². The van der Waals surface area contributed by atoms with Crippen molar-refractivity contribution in [3.05, 3.63) is 0 Å². The van der Waals surface area contributed by atoms with E-state index in [1.165, 1.54) is 0 Å².